The molecule has 0 atom stereocenters. The zero-order valence-electron chi connectivity index (χ0n) is 12.0. The minimum Gasteiger partial charge on any atom is -0.380 e. The van der Waals surface area contributed by atoms with Crippen molar-refractivity contribution in [3.05, 3.63) is 57.5 Å². The summed E-state index contributed by atoms with van der Waals surface area (Å²) in [6.45, 7) is 7.89. The molecule has 0 bridgehead atoms. The molecule has 2 aromatic carbocycles. The Labute approximate surface area is 135 Å². The van der Waals surface area contributed by atoms with Crippen LogP contribution in [-0.2, 0) is 6.54 Å². The third kappa shape index (κ3) is 4.11. The lowest BCUT2D eigenvalue weighted by Gasteiger charge is -2.17. The first kappa shape index (κ1) is 15.6. The average Bonchev–Trinajstić information content (AvgIpc) is 2.39. The zero-order valence-corrected chi connectivity index (χ0v) is 15.3. The van der Waals surface area contributed by atoms with Gasteiger partial charge in [-0.15, -0.1) is 0 Å². The van der Waals surface area contributed by atoms with E-state index >= 15 is 0 Å². The van der Waals surface area contributed by atoms with Gasteiger partial charge in [-0.3, -0.25) is 0 Å². The van der Waals surface area contributed by atoms with Gasteiger partial charge in [-0.25, -0.2) is 0 Å². The number of rotatable bonds is 4. The third-order valence-corrected chi connectivity index (χ3v) is 6.22. The second-order valence-corrected chi connectivity index (χ2v) is 12.3. The Morgan fingerprint density at radius 1 is 1.05 bits per heavy atom. The SMILES string of the molecule is C[Si](C)(C)c1ccc(CNc2cc(Cl)ccc2Br)cc1. The Balaban J connectivity index is 2.06. The van der Waals surface area contributed by atoms with Gasteiger partial charge in [-0.2, -0.15) is 0 Å². The lowest BCUT2D eigenvalue weighted by molar-refractivity contribution is 1.15. The lowest BCUT2D eigenvalue weighted by atomic mass is 10.2. The molecule has 0 fully saturated rings. The number of benzene rings is 2. The summed E-state index contributed by atoms with van der Waals surface area (Å²) in [7, 11) is -1.20. The minimum absolute atomic E-state index is 0.741. The fourth-order valence-electron chi connectivity index (χ4n) is 1.95. The number of hydrogen-bond acceptors (Lipinski definition) is 1. The van der Waals surface area contributed by atoms with E-state index in [9.17, 15) is 0 Å². The first-order valence-corrected chi connectivity index (χ1v) is 11.3. The maximum Gasteiger partial charge on any atom is 0.0775 e. The summed E-state index contributed by atoms with van der Waals surface area (Å²) in [6, 6.07) is 14.7. The van der Waals surface area contributed by atoms with Crippen molar-refractivity contribution < 1.29 is 0 Å². The highest BCUT2D eigenvalue weighted by Crippen LogP contribution is 2.26. The Bertz CT molecular complexity index is 590. The van der Waals surface area contributed by atoms with E-state index in [-0.39, 0.29) is 0 Å². The fourth-order valence-corrected chi connectivity index (χ4v) is 3.68. The van der Waals surface area contributed by atoms with Crippen molar-refractivity contribution in [2.24, 2.45) is 0 Å². The largest absolute Gasteiger partial charge is 0.380 e. The topological polar surface area (TPSA) is 12.0 Å². The molecule has 0 aliphatic carbocycles. The molecular weight excluding hydrogens is 350 g/mol. The van der Waals surface area contributed by atoms with Crippen LogP contribution in [0.25, 0.3) is 0 Å². The molecule has 2 rings (SSSR count). The second-order valence-electron chi connectivity index (χ2n) is 5.92. The molecule has 0 unspecified atom stereocenters. The first-order chi connectivity index (χ1) is 9.36. The molecule has 0 amide bonds. The second kappa shape index (κ2) is 6.33. The van der Waals surface area contributed by atoms with Crippen molar-refractivity contribution in [2.75, 3.05) is 5.32 Å². The molecule has 1 nitrogen and oxygen atoms in total. The van der Waals surface area contributed by atoms with E-state index < -0.39 is 8.07 Å². The Kier molecular flexibility index (Phi) is 4.94. The number of nitrogens with one attached hydrogen (secondary N) is 1. The van der Waals surface area contributed by atoms with Gasteiger partial charge in [-0.05, 0) is 39.7 Å². The number of hydrogen-bond donors (Lipinski definition) is 1. The van der Waals surface area contributed by atoms with Crippen LogP contribution in [0.2, 0.25) is 24.7 Å². The molecule has 0 spiro atoms. The summed E-state index contributed by atoms with van der Waals surface area (Å²) >= 11 is 9.54. The van der Waals surface area contributed by atoms with E-state index in [0.717, 1.165) is 21.7 Å². The van der Waals surface area contributed by atoms with Crippen LogP contribution in [0.3, 0.4) is 0 Å². The molecule has 0 saturated heterocycles. The molecule has 0 aliphatic heterocycles. The van der Waals surface area contributed by atoms with Crippen LogP contribution in [-0.4, -0.2) is 8.07 Å². The van der Waals surface area contributed by atoms with Crippen molar-refractivity contribution >= 4 is 46.5 Å². The molecule has 20 heavy (non-hydrogen) atoms. The summed E-state index contributed by atoms with van der Waals surface area (Å²) in [4.78, 5) is 0. The average molecular weight is 369 g/mol. The molecule has 0 aliphatic rings. The Morgan fingerprint density at radius 3 is 2.30 bits per heavy atom. The quantitative estimate of drug-likeness (QED) is 0.726. The fraction of sp³-hybridized carbons (Fsp3) is 0.250. The van der Waals surface area contributed by atoms with E-state index in [1.807, 2.05) is 18.2 Å². The highest BCUT2D eigenvalue weighted by atomic mass is 79.9. The van der Waals surface area contributed by atoms with Crippen molar-refractivity contribution in [3.63, 3.8) is 0 Å². The van der Waals surface area contributed by atoms with Gasteiger partial charge in [-0.1, -0.05) is 60.7 Å². The summed E-state index contributed by atoms with van der Waals surface area (Å²) < 4.78 is 1.03. The number of halogens is 2. The summed E-state index contributed by atoms with van der Waals surface area (Å²) in [5.41, 5.74) is 2.30. The van der Waals surface area contributed by atoms with Crippen molar-refractivity contribution in [1.82, 2.24) is 0 Å². The third-order valence-electron chi connectivity index (χ3n) is 3.23. The van der Waals surface area contributed by atoms with E-state index in [1.165, 1.54) is 10.8 Å². The monoisotopic (exact) mass is 367 g/mol. The Hall–Kier alpha value is -0.773. The Morgan fingerprint density at radius 2 is 1.70 bits per heavy atom. The summed E-state index contributed by atoms with van der Waals surface area (Å²) in [5.74, 6) is 0. The standard InChI is InChI=1S/C16H19BrClNSi/c1-20(2,3)14-7-4-12(5-8-14)11-19-16-10-13(18)6-9-15(16)17/h4-10,19H,11H2,1-3H3. The van der Waals surface area contributed by atoms with Gasteiger partial charge >= 0.3 is 0 Å². The molecule has 0 radical (unpaired) electrons. The molecule has 106 valence electrons. The predicted octanol–water partition coefficient (Wildman–Crippen LogP) is 5.26. The maximum atomic E-state index is 6.01. The smallest absolute Gasteiger partial charge is 0.0775 e. The molecule has 4 heteroatoms. The van der Waals surface area contributed by atoms with Gasteiger partial charge in [0, 0.05) is 16.0 Å². The minimum atomic E-state index is -1.20. The zero-order chi connectivity index (χ0) is 14.8. The van der Waals surface area contributed by atoms with E-state index in [0.29, 0.717) is 0 Å². The van der Waals surface area contributed by atoms with Crippen molar-refractivity contribution in [2.45, 2.75) is 26.2 Å². The van der Waals surface area contributed by atoms with Gasteiger partial charge in [0.2, 0.25) is 0 Å². The van der Waals surface area contributed by atoms with Crippen LogP contribution < -0.4 is 10.5 Å². The molecule has 0 saturated carbocycles. The van der Waals surface area contributed by atoms with Crippen LogP contribution in [0.4, 0.5) is 5.69 Å². The molecule has 0 aromatic heterocycles. The normalized spacial score (nSPS) is 11.4. The molecular formula is C16H19BrClNSi. The van der Waals surface area contributed by atoms with Crippen LogP contribution in [0.1, 0.15) is 5.56 Å². The molecule has 1 N–H and O–H groups in total. The lowest BCUT2D eigenvalue weighted by Crippen LogP contribution is -2.37. The van der Waals surface area contributed by atoms with Crippen molar-refractivity contribution in [1.29, 1.82) is 0 Å². The van der Waals surface area contributed by atoms with E-state index in [4.69, 9.17) is 11.6 Å². The van der Waals surface area contributed by atoms with Crippen LogP contribution in [0.5, 0.6) is 0 Å². The van der Waals surface area contributed by atoms with Gasteiger partial charge in [0.25, 0.3) is 0 Å². The first-order valence-electron chi connectivity index (χ1n) is 6.64. The number of anilines is 1. The molecule has 2 aromatic rings. The summed E-state index contributed by atoms with van der Waals surface area (Å²) in [6.07, 6.45) is 0. The van der Waals surface area contributed by atoms with Gasteiger partial charge in [0.1, 0.15) is 0 Å². The van der Waals surface area contributed by atoms with Crippen LogP contribution in [0.15, 0.2) is 46.9 Å². The maximum absolute atomic E-state index is 6.01. The summed E-state index contributed by atoms with van der Waals surface area (Å²) in [5, 5.41) is 5.64. The highest BCUT2D eigenvalue weighted by molar-refractivity contribution is 9.10. The van der Waals surface area contributed by atoms with Gasteiger partial charge < -0.3 is 5.32 Å². The molecule has 0 heterocycles. The van der Waals surface area contributed by atoms with Gasteiger partial charge in [0.05, 0.1) is 13.8 Å². The highest BCUT2D eigenvalue weighted by Gasteiger charge is 2.15. The van der Waals surface area contributed by atoms with Crippen LogP contribution >= 0.6 is 27.5 Å². The van der Waals surface area contributed by atoms with E-state index in [1.54, 1.807) is 0 Å². The predicted molar refractivity (Wildman–Crippen MR) is 95.9 cm³/mol. The van der Waals surface area contributed by atoms with Crippen LogP contribution in [0, 0.1) is 0 Å². The van der Waals surface area contributed by atoms with E-state index in [2.05, 4.69) is 65.2 Å². The van der Waals surface area contributed by atoms with Gasteiger partial charge in [0.15, 0.2) is 0 Å². The van der Waals surface area contributed by atoms with Crippen molar-refractivity contribution in [3.8, 4) is 0 Å².